The van der Waals surface area contributed by atoms with Gasteiger partial charge in [0.15, 0.2) is 0 Å². The largest absolute Gasteiger partial charge is 0.299 e. The summed E-state index contributed by atoms with van der Waals surface area (Å²) >= 11 is 0. The molecule has 1 nitrogen and oxygen atoms in total. The normalized spacial score (nSPS) is 33.1. The number of hydrogen-bond donors (Lipinski definition) is 0. The smallest absolute Gasteiger partial charge is 0.139 e. The molecule has 2 rings (SSSR count). The molecular formula is C14H24O. The molecule has 0 aromatic rings. The first-order chi connectivity index (χ1) is 7.31. The Hall–Kier alpha value is -0.330. The lowest BCUT2D eigenvalue weighted by molar-refractivity contribution is -0.127. The lowest BCUT2D eigenvalue weighted by atomic mass is 9.81. The van der Waals surface area contributed by atoms with Crippen LogP contribution in [-0.2, 0) is 4.79 Å². The second-order valence-electron chi connectivity index (χ2n) is 5.52. The standard InChI is InChI=1S/C14H24O/c1-2-11-8-9-13(10-11)14(15)12-6-4-3-5-7-12/h11-13H,2-10H2,1H3. The van der Waals surface area contributed by atoms with Crippen LogP contribution in [0.2, 0.25) is 0 Å². The van der Waals surface area contributed by atoms with Gasteiger partial charge in [-0.15, -0.1) is 0 Å². The summed E-state index contributed by atoms with van der Waals surface area (Å²) in [6.07, 6.45) is 11.3. The summed E-state index contributed by atoms with van der Waals surface area (Å²) in [6.45, 7) is 2.26. The highest BCUT2D eigenvalue weighted by Crippen LogP contribution is 2.37. The highest BCUT2D eigenvalue weighted by molar-refractivity contribution is 5.83. The molecular weight excluding hydrogens is 184 g/mol. The summed E-state index contributed by atoms with van der Waals surface area (Å²) < 4.78 is 0. The first kappa shape index (κ1) is 11.2. The molecule has 0 heterocycles. The summed E-state index contributed by atoms with van der Waals surface area (Å²) in [7, 11) is 0. The zero-order valence-corrected chi connectivity index (χ0v) is 10.0. The minimum atomic E-state index is 0.443. The monoisotopic (exact) mass is 208 g/mol. The van der Waals surface area contributed by atoms with Crippen LogP contribution in [-0.4, -0.2) is 5.78 Å². The second-order valence-corrected chi connectivity index (χ2v) is 5.52. The van der Waals surface area contributed by atoms with E-state index in [-0.39, 0.29) is 0 Å². The number of carbonyl (C=O) groups is 1. The summed E-state index contributed by atoms with van der Waals surface area (Å²) in [5, 5.41) is 0. The van der Waals surface area contributed by atoms with E-state index in [1.165, 1.54) is 57.8 Å². The Kier molecular flexibility index (Phi) is 3.82. The third-order valence-electron chi connectivity index (χ3n) is 4.53. The van der Waals surface area contributed by atoms with E-state index in [0.29, 0.717) is 17.6 Å². The van der Waals surface area contributed by atoms with E-state index in [4.69, 9.17) is 0 Å². The van der Waals surface area contributed by atoms with Gasteiger partial charge >= 0.3 is 0 Å². The lowest BCUT2D eigenvalue weighted by Gasteiger charge is -2.23. The molecule has 0 aromatic heterocycles. The van der Waals surface area contributed by atoms with Gasteiger partial charge in [-0.2, -0.15) is 0 Å². The quantitative estimate of drug-likeness (QED) is 0.686. The molecule has 2 fully saturated rings. The highest BCUT2D eigenvalue weighted by Gasteiger charge is 2.33. The molecule has 2 saturated carbocycles. The highest BCUT2D eigenvalue weighted by atomic mass is 16.1. The average molecular weight is 208 g/mol. The van der Waals surface area contributed by atoms with Crippen LogP contribution in [0.1, 0.15) is 64.7 Å². The van der Waals surface area contributed by atoms with Gasteiger partial charge < -0.3 is 0 Å². The summed E-state index contributed by atoms with van der Waals surface area (Å²) in [6, 6.07) is 0. The zero-order valence-electron chi connectivity index (χ0n) is 10.0. The average Bonchev–Trinajstić information content (AvgIpc) is 2.78. The molecule has 2 unspecified atom stereocenters. The summed E-state index contributed by atoms with van der Waals surface area (Å²) in [4.78, 5) is 12.3. The number of Topliss-reactive ketones (excluding diaryl/α,β-unsaturated/α-hetero) is 1. The topological polar surface area (TPSA) is 17.1 Å². The molecule has 0 bridgehead atoms. The van der Waals surface area contributed by atoms with Crippen molar-refractivity contribution >= 4 is 5.78 Å². The first-order valence-corrected chi connectivity index (χ1v) is 6.85. The predicted molar refractivity (Wildman–Crippen MR) is 62.7 cm³/mol. The van der Waals surface area contributed by atoms with Crippen LogP contribution in [0.3, 0.4) is 0 Å². The molecule has 2 atom stereocenters. The van der Waals surface area contributed by atoms with E-state index in [1.54, 1.807) is 0 Å². The van der Waals surface area contributed by atoms with Gasteiger partial charge in [0.05, 0.1) is 0 Å². The number of hydrogen-bond acceptors (Lipinski definition) is 1. The number of ketones is 1. The fraction of sp³-hybridized carbons (Fsp3) is 0.929. The van der Waals surface area contributed by atoms with Crippen molar-refractivity contribution in [2.24, 2.45) is 17.8 Å². The second kappa shape index (κ2) is 5.14. The minimum Gasteiger partial charge on any atom is -0.299 e. The van der Waals surface area contributed by atoms with Crippen molar-refractivity contribution in [3.8, 4) is 0 Å². The van der Waals surface area contributed by atoms with Gasteiger partial charge in [0.2, 0.25) is 0 Å². The fourth-order valence-electron chi connectivity index (χ4n) is 3.42. The van der Waals surface area contributed by atoms with Crippen LogP contribution < -0.4 is 0 Å². The molecule has 0 radical (unpaired) electrons. The maximum Gasteiger partial charge on any atom is 0.139 e. The van der Waals surface area contributed by atoms with Gasteiger partial charge in [-0.1, -0.05) is 32.6 Å². The van der Waals surface area contributed by atoms with Gasteiger partial charge in [0, 0.05) is 11.8 Å². The Morgan fingerprint density at radius 3 is 2.33 bits per heavy atom. The van der Waals surface area contributed by atoms with Crippen LogP contribution >= 0.6 is 0 Å². The molecule has 0 saturated heterocycles. The molecule has 2 aliphatic carbocycles. The van der Waals surface area contributed by atoms with E-state index < -0.39 is 0 Å². The SMILES string of the molecule is CCC1CCC(C(=O)C2CCCCC2)C1. The van der Waals surface area contributed by atoms with Crippen LogP contribution in [0.15, 0.2) is 0 Å². The molecule has 2 aliphatic rings. The Morgan fingerprint density at radius 2 is 1.73 bits per heavy atom. The Morgan fingerprint density at radius 1 is 1.00 bits per heavy atom. The van der Waals surface area contributed by atoms with Crippen molar-refractivity contribution < 1.29 is 4.79 Å². The van der Waals surface area contributed by atoms with Crippen molar-refractivity contribution in [1.29, 1.82) is 0 Å². The van der Waals surface area contributed by atoms with Crippen LogP contribution in [0.4, 0.5) is 0 Å². The molecule has 0 amide bonds. The van der Waals surface area contributed by atoms with Crippen molar-refractivity contribution in [3.05, 3.63) is 0 Å². The van der Waals surface area contributed by atoms with Crippen LogP contribution in [0, 0.1) is 17.8 Å². The lowest BCUT2D eigenvalue weighted by Crippen LogP contribution is -2.24. The van der Waals surface area contributed by atoms with Gasteiger partial charge in [0.1, 0.15) is 5.78 Å². The first-order valence-electron chi connectivity index (χ1n) is 6.85. The summed E-state index contributed by atoms with van der Waals surface area (Å²) in [5.74, 6) is 2.37. The maximum atomic E-state index is 12.3. The minimum absolute atomic E-state index is 0.443. The van der Waals surface area contributed by atoms with Crippen molar-refractivity contribution in [3.63, 3.8) is 0 Å². The van der Waals surface area contributed by atoms with Crippen molar-refractivity contribution in [1.82, 2.24) is 0 Å². The fourth-order valence-corrected chi connectivity index (χ4v) is 3.42. The molecule has 15 heavy (non-hydrogen) atoms. The number of carbonyl (C=O) groups excluding carboxylic acids is 1. The third kappa shape index (κ3) is 2.62. The molecule has 0 spiro atoms. The van der Waals surface area contributed by atoms with E-state index in [1.807, 2.05) is 0 Å². The number of rotatable bonds is 3. The van der Waals surface area contributed by atoms with Crippen molar-refractivity contribution in [2.45, 2.75) is 64.7 Å². The third-order valence-corrected chi connectivity index (χ3v) is 4.53. The Labute approximate surface area is 93.6 Å². The van der Waals surface area contributed by atoms with Crippen LogP contribution in [0.25, 0.3) is 0 Å². The van der Waals surface area contributed by atoms with Crippen LogP contribution in [0.5, 0.6) is 0 Å². The summed E-state index contributed by atoms with van der Waals surface area (Å²) in [5.41, 5.74) is 0. The van der Waals surface area contributed by atoms with E-state index >= 15 is 0 Å². The van der Waals surface area contributed by atoms with E-state index in [0.717, 1.165) is 5.92 Å². The Bertz CT molecular complexity index is 215. The van der Waals surface area contributed by atoms with Gasteiger partial charge in [0.25, 0.3) is 0 Å². The van der Waals surface area contributed by atoms with E-state index in [2.05, 4.69) is 6.92 Å². The van der Waals surface area contributed by atoms with Gasteiger partial charge in [-0.3, -0.25) is 4.79 Å². The van der Waals surface area contributed by atoms with E-state index in [9.17, 15) is 4.79 Å². The van der Waals surface area contributed by atoms with Gasteiger partial charge in [-0.05, 0) is 38.0 Å². The molecule has 0 aliphatic heterocycles. The maximum absolute atomic E-state index is 12.3. The molecule has 1 heteroatoms. The predicted octanol–water partition coefficient (Wildman–Crippen LogP) is 3.96. The molecule has 0 aromatic carbocycles. The van der Waals surface area contributed by atoms with Gasteiger partial charge in [-0.25, -0.2) is 0 Å². The molecule has 0 N–H and O–H groups in total. The van der Waals surface area contributed by atoms with Crippen molar-refractivity contribution in [2.75, 3.05) is 0 Å². The zero-order chi connectivity index (χ0) is 10.7. The molecule has 86 valence electrons. The Balaban J connectivity index is 1.85.